The Hall–Kier alpha value is -0.120. The van der Waals surface area contributed by atoms with Crippen LogP contribution in [-0.2, 0) is 9.47 Å². The van der Waals surface area contributed by atoms with Crippen molar-refractivity contribution in [2.75, 3.05) is 33.4 Å². The van der Waals surface area contributed by atoms with Crippen LogP contribution in [0, 0.1) is 0 Å². The van der Waals surface area contributed by atoms with Crippen LogP contribution in [-0.4, -0.2) is 39.5 Å². The zero-order valence-corrected chi connectivity index (χ0v) is 9.14. The van der Waals surface area contributed by atoms with Gasteiger partial charge in [0.15, 0.2) is 0 Å². The lowest BCUT2D eigenvalue weighted by atomic mass is 10.4. The van der Waals surface area contributed by atoms with E-state index in [9.17, 15) is 0 Å². The SMILES string of the molecule is COCCCNCCCOC(C)C. The molecular weight excluding hydrogens is 166 g/mol. The summed E-state index contributed by atoms with van der Waals surface area (Å²) < 4.78 is 10.3. The predicted octanol–water partition coefficient (Wildman–Crippen LogP) is 1.43. The molecule has 0 saturated carbocycles. The highest BCUT2D eigenvalue weighted by Crippen LogP contribution is 1.89. The van der Waals surface area contributed by atoms with Crippen LogP contribution in [0.1, 0.15) is 26.7 Å². The van der Waals surface area contributed by atoms with Crippen molar-refractivity contribution in [3.63, 3.8) is 0 Å². The number of ether oxygens (including phenoxy) is 2. The molecule has 0 aromatic carbocycles. The molecule has 13 heavy (non-hydrogen) atoms. The molecule has 80 valence electrons. The fraction of sp³-hybridized carbons (Fsp3) is 1.00. The van der Waals surface area contributed by atoms with E-state index in [4.69, 9.17) is 9.47 Å². The topological polar surface area (TPSA) is 30.5 Å². The lowest BCUT2D eigenvalue weighted by molar-refractivity contribution is 0.0770. The molecule has 0 aliphatic heterocycles. The summed E-state index contributed by atoms with van der Waals surface area (Å²) in [4.78, 5) is 0. The zero-order chi connectivity index (χ0) is 9.94. The molecule has 3 nitrogen and oxygen atoms in total. The molecule has 0 unspecified atom stereocenters. The summed E-state index contributed by atoms with van der Waals surface area (Å²) in [6.45, 7) is 7.90. The second-order valence-corrected chi connectivity index (χ2v) is 3.37. The quantitative estimate of drug-likeness (QED) is 0.557. The van der Waals surface area contributed by atoms with Gasteiger partial charge in [0, 0.05) is 20.3 Å². The van der Waals surface area contributed by atoms with E-state index in [0.29, 0.717) is 6.10 Å². The second-order valence-electron chi connectivity index (χ2n) is 3.37. The maximum absolute atomic E-state index is 5.40. The molecule has 3 heteroatoms. The van der Waals surface area contributed by atoms with Gasteiger partial charge in [-0.05, 0) is 39.8 Å². The van der Waals surface area contributed by atoms with Crippen molar-refractivity contribution in [1.82, 2.24) is 5.32 Å². The molecule has 0 aromatic heterocycles. The van der Waals surface area contributed by atoms with Gasteiger partial charge in [-0.2, -0.15) is 0 Å². The van der Waals surface area contributed by atoms with Gasteiger partial charge in [-0.3, -0.25) is 0 Å². The average Bonchev–Trinajstić information content (AvgIpc) is 2.09. The van der Waals surface area contributed by atoms with E-state index in [0.717, 1.165) is 39.1 Å². The van der Waals surface area contributed by atoms with Gasteiger partial charge in [0.1, 0.15) is 0 Å². The Bertz CT molecular complexity index is 96.9. The van der Waals surface area contributed by atoms with Crippen molar-refractivity contribution in [3.8, 4) is 0 Å². The first-order valence-corrected chi connectivity index (χ1v) is 5.08. The van der Waals surface area contributed by atoms with Crippen LogP contribution < -0.4 is 5.32 Å². The van der Waals surface area contributed by atoms with Crippen LogP contribution in [0.3, 0.4) is 0 Å². The standard InChI is InChI=1S/C10H23NO2/c1-10(2)13-9-5-7-11-6-4-8-12-3/h10-11H,4-9H2,1-3H3. The Morgan fingerprint density at radius 2 is 1.69 bits per heavy atom. The zero-order valence-electron chi connectivity index (χ0n) is 9.14. The highest BCUT2D eigenvalue weighted by Gasteiger charge is 1.92. The van der Waals surface area contributed by atoms with Crippen molar-refractivity contribution in [2.24, 2.45) is 0 Å². The van der Waals surface area contributed by atoms with Gasteiger partial charge in [0.05, 0.1) is 6.10 Å². The fourth-order valence-electron chi connectivity index (χ4n) is 0.983. The summed E-state index contributed by atoms with van der Waals surface area (Å²) in [5, 5.41) is 3.33. The Balaban J connectivity index is 2.84. The van der Waals surface area contributed by atoms with Crippen molar-refractivity contribution >= 4 is 0 Å². The van der Waals surface area contributed by atoms with Gasteiger partial charge in [-0.25, -0.2) is 0 Å². The van der Waals surface area contributed by atoms with Gasteiger partial charge in [0.2, 0.25) is 0 Å². The third kappa shape index (κ3) is 11.9. The monoisotopic (exact) mass is 189 g/mol. The molecule has 0 rings (SSSR count). The van der Waals surface area contributed by atoms with Crippen LogP contribution >= 0.6 is 0 Å². The van der Waals surface area contributed by atoms with Gasteiger partial charge in [0.25, 0.3) is 0 Å². The molecular formula is C10H23NO2. The van der Waals surface area contributed by atoms with E-state index in [2.05, 4.69) is 19.2 Å². The summed E-state index contributed by atoms with van der Waals surface area (Å²) in [7, 11) is 1.73. The van der Waals surface area contributed by atoms with Crippen LogP contribution in [0.15, 0.2) is 0 Å². The third-order valence-corrected chi connectivity index (χ3v) is 1.65. The van der Waals surface area contributed by atoms with Crippen LogP contribution in [0.25, 0.3) is 0 Å². The molecule has 0 saturated heterocycles. The first-order chi connectivity index (χ1) is 6.27. The Labute approximate surface area is 81.8 Å². The number of methoxy groups -OCH3 is 1. The first-order valence-electron chi connectivity index (χ1n) is 5.08. The highest BCUT2D eigenvalue weighted by molar-refractivity contribution is 4.48. The summed E-state index contributed by atoms with van der Waals surface area (Å²) >= 11 is 0. The minimum absolute atomic E-state index is 0.355. The van der Waals surface area contributed by atoms with Crippen LogP contribution in [0.2, 0.25) is 0 Å². The summed E-state index contributed by atoms with van der Waals surface area (Å²) in [5.74, 6) is 0. The van der Waals surface area contributed by atoms with Gasteiger partial charge < -0.3 is 14.8 Å². The third-order valence-electron chi connectivity index (χ3n) is 1.65. The van der Waals surface area contributed by atoms with Gasteiger partial charge in [-0.1, -0.05) is 0 Å². The Morgan fingerprint density at radius 1 is 1.08 bits per heavy atom. The first kappa shape index (κ1) is 12.9. The molecule has 0 atom stereocenters. The molecule has 0 aromatic rings. The van der Waals surface area contributed by atoms with Gasteiger partial charge in [-0.15, -0.1) is 0 Å². The van der Waals surface area contributed by atoms with Crippen molar-refractivity contribution in [2.45, 2.75) is 32.8 Å². The van der Waals surface area contributed by atoms with E-state index >= 15 is 0 Å². The number of hydrogen-bond acceptors (Lipinski definition) is 3. The molecule has 0 aliphatic carbocycles. The van der Waals surface area contributed by atoms with E-state index in [1.165, 1.54) is 0 Å². The highest BCUT2D eigenvalue weighted by atomic mass is 16.5. The lowest BCUT2D eigenvalue weighted by Crippen LogP contribution is -2.19. The number of rotatable bonds is 9. The molecule has 0 radical (unpaired) electrons. The van der Waals surface area contributed by atoms with Crippen molar-refractivity contribution < 1.29 is 9.47 Å². The molecule has 0 amide bonds. The largest absolute Gasteiger partial charge is 0.385 e. The summed E-state index contributed by atoms with van der Waals surface area (Å²) in [5.41, 5.74) is 0. The smallest absolute Gasteiger partial charge is 0.0518 e. The number of hydrogen-bond donors (Lipinski definition) is 1. The molecule has 0 fully saturated rings. The molecule has 1 N–H and O–H groups in total. The normalized spacial score (nSPS) is 11.1. The molecule has 0 spiro atoms. The maximum atomic E-state index is 5.40. The molecule has 0 aliphatic rings. The predicted molar refractivity (Wildman–Crippen MR) is 55.1 cm³/mol. The van der Waals surface area contributed by atoms with Crippen LogP contribution in [0.5, 0.6) is 0 Å². The Kier molecular flexibility index (Phi) is 9.87. The summed E-state index contributed by atoms with van der Waals surface area (Å²) in [6.07, 6.45) is 2.53. The van der Waals surface area contributed by atoms with E-state index in [-0.39, 0.29) is 0 Å². The van der Waals surface area contributed by atoms with Crippen LogP contribution in [0.4, 0.5) is 0 Å². The van der Waals surface area contributed by atoms with E-state index < -0.39 is 0 Å². The summed E-state index contributed by atoms with van der Waals surface area (Å²) in [6, 6.07) is 0. The lowest BCUT2D eigenvalue weighted by Gasteiger charge is -2.07. The van der Waals surface area contributed by atoms with Gasteiger partial charge >= 0.3 is 0 Å². The number of nitrogens with one attached hydrogen (secondary N) is 1. The van der Waals surface area contributed by atoms with Crippen molar-refractivity contribution in [1.29, 1.82) is 0 Å². The van der Waals surface area contributed by atoms with Crippen molar-refractivity contribution in [3.05, 3.63) is 0 Å². The minimum atomic E-state index is 0.355. The fourth-order valence-corrected chi connectivity index (χ4v) is 0.983. The maximum Gasteiger partial charge on any atom is 0.0518 e. The molecule has 0 heterocycles. The second kappa shape index (κ2) is 9.96. The molecule has 0 bridgehead atoms. The average molecular weight is 189 g/mol. The Morgan fingerprint density at radius 3 is 2.23 bits per heavy atom. The van der Waals surface area contributed by atoms with E-state index in [1.807, 2.05) is 0 Å². The van der Waals surface area contributed by atoms with E-state index in [1.54, 1.807) is 7.11 Å². The minimum Gasteiger partial charge on any atom is -0.385 e.